The van der Waals surface area contributed by atoms with Gasteiger partial charge in [0.1, 0.15) is 6.10 Å². The fourth-order valence-corrected chi connectivity index (χ4v) is 0.615. The Morgan fingerprint density at radius 1 is 1.29 bits per heavy atom. The summed E-state index contributed by atoms with van der Waals surface area (Å²) in [5.74, 6) is -0.281. The first-order chi connectivity index (χ1) is 6.31. The first-order valence-corrected chi connectivity index (χ1v) is 4.63. The number of hydrogen-bond donors (Lipinski definition) is 0. The van der Waals surface area contributed by atoms with E-state index in [0.29, 0.717) is 0 Å². The van der Waals surface area contributed by atoms with Crippen LogP contribution in [0.1, 0.15) is 34.6 Å². The van der Waals surface area contributed by atoms with Gasteiger partial charge in [0, 0.05) is 0 Å². The van der Waals surface area contributed by atoms with Crippen molar-refractivity contribution in [3.05, 3.63) is 0 Å². The second-order valence-corrected chi connectivity index (χ2v) is 4.08. The highest BCUT2D eigenvalue weighted by Crippen LogP contribution is 2.14. The molecule has 0 radical (unpaired) electrons. The van der Waals surface area contributed by atoms with Crippen molar-refractivity contribution < 1.29 is 19.1 Å². The number of hydrogen-bond acceptors (Lipinski definition) is 4. The largest absolute Gasteiger partial charge is 0.459 e. The third-order valence-electron chi connectivity index (χ3n) is 2.07. The summed E-state index contributed by atoms with van der Waals surface area (Å²) in [6.07, 6.45) is -0.183. The van der Waals surface area contributed by atoms with E-state index >= 15 is 0 Å². The SMILES string of the molecule is CC(C)C(C)OC(=O)C(C)(C)OC=O. The van der Waals surface area contributed by atoms with E-state index in [2.05, 4.69) is 4.74 Å². The highest BCUT2D eigenvalue weighted by atomic mass is 16.6. The van der Waals surface area contributed by atoms with Crippen molar-refractivity contribution >= 4 is 12.4 Å². The Morgan fingerprint density at radius 3 is 2.14 bits per heavy atom. The van der Waals surface area contributed by atoms with E-state index < -0.39 is 11.6 Å². The molecule has 0 aliphatic rings. The van der Waals surface area contributed by atoms with E-state index in [4.69, 9.17) is 4.74 Å². The summed E-state index contributed by atoms with van der Waals surface area (Å²) in [5, 5.41) is 0. The average molecular weight is 202 g/mol. The summed E-state index contributed by atoms with van der Waals surface area (Å²) in [6, 6.07) is 0. The fourth-order valence-electron chi connectivity index (χ4n) is 0.615. The van der Waals surface area contributed by atoms with Gasteiger partial charge in [-0.15, -0.1) is 0 Å². The summed E-state index contributed by atoms with van der Waals surface area (Å²) in [7, 11) is 0. The van der Waals surface area contributed by atoms with Crippen LogP contribution < -0.4 is 0 Å². The van der Waals surface area contributed by atoms with E-state index in [1.807, 2.05) is 13.8 Å². The van der Waals surface area contributed by atoms with Crippen LogP contribution in [0.25, 0.3) is 0 Å². The lowest BCUT2D eigenvalue weighted by atomic mass is 10.1. The maximum atomic E-state index is 11.5. The molecule has 0 N–H and O–H groups in total. The highest BCUT2D eigenvalue weighted by Gasteiger charge is 2.32. The van der Waals surface area contributed by atoms with Crippen molar-refractivity contribution in [3.8, 4) is 0 Å². The zero-order valence-electron chi connectivity index (χ0n) is 9.37. The highest BCUT2D eigenvalue weighted by molar-refractivity contribution is 5.79. The van der Waals surface area contributed by atoms with Crippen molar-refractivity contribution in [2.75, 3.05) is 0 Å². The molecule has 0 aromatic carbocycles. The molecule has 0 saturated heterocycles. The third kappa shape index (κ3) is 3.77. The van der Waals surface area contributed by atoms with E-state index in [1.165, 1.54) is 13.8 Å². The van der Waals surface area contributed by atoms with Crippen LogP contribution in [0.5, 0.6) is 0 Å². The van der Waals surface area contributed by atoms with Gasteiger partial charge < -0.3 is 9.47 Å². The lowest BCUT2D eigenvalue weighted by Crippen LogP contribution is -2.39. The fraction of sp³-hybridized carbons (Fsp3) is 0.800. The lowest BCUT2D eigenvalue weighted by molar-refractivity contribution is -0.177. The number of rotatable bonds is 5. The maximum Gasteiger partial charge on any atom is 0.350 e. The Bertz CT molecular complexity index is 208. The molecule has 0 bridgehead atoms. The van der Waals surface area contributed by atoms with Crippen LogP contribution in [-0.2, 0) is 19.1 Å². The van der Waals surface area contributed by atoms with E-state index in [0.717, 1.165) is 0 Å². The van der Waals surface area contributed by atoms with E-state index in [9.17, 15) is 9.59 Å². The van der Waals surface area contributed by atoms with Gasteiger partial charge in [0.05, 0.1) is 0 Å². The molecule has 0 aromatic rings. The molecule has 1 atom stereocenters. The molecule has 0 saturated carbocycles. The lowest BCUT2D eigenvalue weighted by Gasteiger charge is -2.24. The normalized spacial score (nSPS) is 13.6. The summed E-state index contributed by atoms with van der Waals surface area (Å²) in [5.41, 5.74) is -1.20. The van der Waals surface area contributed by atoms with Crippen LogP contribution >= 0.6 is 0 Å². The summed E-state index contributed by atoms with van der Waals surface area (Å²) in [4.78, 5) is 21.6. The Hall–Kier alpha value is -1.06. The van der Waals surface area contributed by atoms with Crippen molar-refractivity contribution in [1.82, 2.24) is 0 Å². The zero-order valence-corrected chi connectivity index (χ0v) is 9.37. The van der Waals surface area contributed by atoms with Gasteiger partial charge >= 0.3 is 5.97 Å². The third-order valence-corrected chi connectivity index (χ3v) is 2.07. The van der Waals surface area contributed by atoms with Crippen LogP contribution in [0.2, 0.25) is 0 Å². The van der Waals surface area contributed by atoms with Gasteiger partial charge in [0.2, 0.25) is 5.60 Å². The van der Waals surface area contributed by atoms with Gasteiger partial charge in [0.25, 0.3) is 6.47 Å². The van der Waals surface area contributed by atoms with Gasteiger partial charge in [-0.05, 0) is 26.7 Å². The molecule has 0 amide bonds. The smallest absolute Gasteiger partial charge is 0.350 e. The summed E-state index contributed by atoms with van der Waals surface area (Å²) in [6.45, 7) is 8.95. The van der Waals surface area contributed by atoms with Crippen LogP contribution in [0, 0.1) is 5.92 Å². The van der Waals surface area contributed by atoms with Gasteiger partial charge in [-0.1, -0.05) is 13.8 Å². The molecular weight excluding hydrogens is 184 g/mol. The predicted octanol–water partition coefficient (Wildman–Crippen LogP) is 1.53. The average Bonchev–Trinajstić information content (AvgIpc) is 2.03. The predicted molar refractivity (Wildman–Crippen MR) is 51.6 cm³/mol. The molecule has 0 rings (SSSR count). The van der Waals surface area contributed by atoms with Crippen molar-refractivity contribution in [1.29, 1.82) is 0 Å². The maximum absolute atomic E-state index is 11.5. The quantitative estimate of drug-likeness (QED) is 0.501. The Kier molecular flexibility index (Phi) is 4.60. The van der Waals surface area contributed by atoms with Crippen LogP contribution in [0.4, 0.5) is 0 Å². The molecule has 4 nitrogen and oxygen atoms in total. The molecule has 82 valence electrons. The number of carbonyl (C=O) groups excluding carboxylic acids is 2. The van der Waals surface area contributed by atoms with Gasteiger partial charge in [-0.2, -0.15) is 0 Å². The zero-order chi connectivity index (χ0) is 11.4. The first kappa shape index (κ1) is 12.9. The molecule has 14 heavy (non-hydrogen) atoms. The first-order valence-electron chi connectivity index (χ1n) is 4.63. The van der Waals surface area contributed by atoms with Gasteiger partial charge in [0.15, 0.2) is 0 Å². The molecule has 0 aromatic heterocycles. The van der Waals surface area contributed by atoms with Crippen LogP contribution in [0.3, 0.4) is 0 Å². The molecule has 0 fully saturated rings. The van der Waals surface area contributed by atoms with Crippen LogP contribution in [0.15, 0.2) is 0 Å². The molecule has 4 heteroatoms. The number of carbonyl (C=O) groups is 2. The molecule has 0 spiro atoms. The molecule has 0 aliphatic carbocycles. The van der Waals surface area contributed by atoms with E-state index in [-0.39, 0.29) is 18.5 Å². The minimum atomic E-state index is -1.20. The molecule has 0 aliphatic heterocycles. The molecule has 1 unspecified atom stereocenters. The van der Waals surface area contributed by atoms with Gasteiger partial charge in [-0.3, -0.25) is 4.79 Å². The molecular formula is C10H18O4. The Balaban J connectivity index is 4.26. The van der Waals surface area contributed by atoms with Crippen LogP contribution in [-0.4, -0.2) is 24.1 Å². The minimum absolute atomic E-state index is 0.183. The summed E-state index contributed by atoms with van der Waals surface area (Å²) < 4.78 is 9.72. The number of ether oxygens (including phenoxy) is 2. The number of esters is 1. The minimum Gasteiger partial charge on any atom is -0.459 e. The monoisotopic (exact) mass is 202 g/mol. The summed E-state index contributed by atoms with van der Waals surface area (Å²) >= 11 is 0. The second kappa shape index (κ2) is 4.98. The Morgan fingerprint density at radius 2 is 1.79 bits per heavy atom. The van der Waals surface area contributed by atoms with Crippen molar-refractivity contribution in [2.24, 2.45) is 5.92 Å². The standard InChI is InChI=1S/C10H18O4/c1-7(2)8(3)14-9(12)10(4,5)13-6-11/h6-8H,1-5H3. The topological polar surface area (TPSA) is 52.6 Å². The van der Waals surface area contributed by atoms with Gasteiger partial charge in [-0.25, -0.2) is 4.79 Å². The molecule has 0 heterocycles. The van der Waals surface area contributed by atoms with Crippen molar-refractivity contribution in [3.63, 3.8) is 0 Å². The Labute approximate surface area is 84.6 Å². The van der Waals surface area contributed by atoms with E-state index in [1.54, 1.807) is 6.92 Å². The second-order valence-electron chi connectivity index (χ2n) is 4.08. The van der Waals surface area contributed by atoms with Crippen molar-refractivity contribution in [2.45, 2.75) is 46.3 Å².